The van der Waals surface area contributed by atoms with Gasteiger partial charge in [0.15, 0.2) is 0 Å². The van der Waals surface area contributed by atoms with Gasteiger partial charge in [0.25, 0.3) is 5.91 Å². The largest absolute Gasteiger partial charge is 0.274 e. The Morgan fingerprint density at radius 3 is 2.65 bits per heavy atom. The first kappa shape index (κ1) is 14.4. The fraction of sp³-hybridized carbons (Fsp3) is 0.0667. The van der Waals surface area contributed by atoms with Crippen molar-refractivity contribution in [2.24, 2.45) is 5.10 Å². The quantitative estimate of drug-likeness (QED) is 0.674. The Hall–Kier alpha value is -2.01. The van der Waals surface area contributed by atoms with Gasteiger partial charge < -0.3 is 0 Å². The Bertz CT molecular complexity index is 670. The summed E-state index contributed by atoms with van der Waals surface area (Å²) in [6, 6.07) is 13.3. The smallest absolute Gasteiger partial charge is 0.267 e. The summed E-state index contributed by atoms with van der Waals surface area (Å²) in [5, 5.41) is 3.98. The molecule has 0 radical (unpaired) electrons. The van der Waals surface area contributed by atoms with Gasteiger partial charge in [-0.05, 0) is 36.8 Å². The molecule has 0 unspecified atom stereocenters. The van der Waals surface area contributed by atoms with Gasteiger partial charge in [0.05, 0.1) is 11.3 Å². The predicted octanol–water partition coefficient (Wildman–Crippen LogP) is 3.74. The molecule has 0 saturated heterocycles. The van der Waals surface area contributed by atoms with E-state index in [0.717, 1.165) is 10.0 Å². The van der Waals surface area contributed by atoms with Crippen LogP contribution in [0.25, 0.3) is 0 Å². The van der Waals surface area contributed by atoms with Crippen molar-refractivity contribution in [1.29, 1.82) is 0 Å². The number of carbonyl (C=O) groups excluding carboxylic acids is 1. The average molecular weight is 335 g/mol. The molecule has 3 nitrogen and oxygen atoms in total. The third-order valence-corrected chi connectivity index (χ3v) is 3.18. The van der Waals surface area contributed by atoms with E-state index in [-0.39, 0.29) is 5.56 Å². The molecule has 0 aromatic heterocycles. The normalized spacial score (nSPS) is 11.2. The maximum Gasteiger partial charge on any atom is 0.274 e. The van der Waals surface area contributed by atoms with Gasteiger partial charge in [0, 0.05) is 4.47 Å². The zero-order valence-corrected chi connectivity index (χ0v) is 12.3. The van der Waals surface area contributed by atoms with E-state index in [1.54, 1.807) is 13.0 Å². The molecule has 1 amide bonds. The molecule has 5 heteroatoms. The Labute approximate surface area is 124 Å². The summed E-state index contributed by atoms with van der Waals surface area (Å²) in [7, 11) is 0. The van der Waals surface area contributed by atoms with Crippen LogP contribution < -0.4 is 5.43 Å². The second-order valence-electron chi connectivity index (χ2n) is 4.13. The molecular weight excluding hydrogens is 323 g/mol. The lowest BCUT2D eigenvalue weighted by Crippen LogP contribution is -2.20. The highest BCUT2D eigenvalue weighted by atomic mass is 79.9. The fourth-order valence-electron chi connectivity index (χ4n) is 1.62. The lowest BCUT2D eigenvalue weighted by Gasteiger charge is -2.04. The molecule has 0 saturated carbocycles. The Morgan fingerprint density at radius 2 is 1.95 bits per heavy atom. The van der Waals surface area contributed by atoms with Crippen LogP contribution in [0.4, 0.5) is 4.39 Å². The maximum atomic E-state index is 13.4. The van der Waals surface area contributed by atoms with Gasteiger partial charge in [-0.25, -0.2) is 9.82 Å². The minimum atomic E-state index is -0.572. The van der Waals surface area contributed by atoms with Crippen molar-refractivity contribution in [1.82, 2.24) is 5.43 Å². The molecule has 0 fully saturated rings. The molecule has 102 valence electrons. The molecule has 0 bridgehead atoms. The summed E-state index contributed by atoms with van der Waals surface area (Å²) in [5.74, 6) is -1.14. The van der Waals surface area contributed by atoms with Crippen molar-refractivity contribution in [3.8, 4) is 0 Å². The van der Waals surface area contributed by atoms with Crippen LogP contribution in [0.3, 0.4) is 0 Å². The second-order valence-corrected chi connectivity index (χ2v) is 5.04. The highest BCUT2D eigenvalue weighted by molar-refractivity contribution is 9.10. The Morgan fingerprint density at radius 1 is 1.20 bits per heavy atom. The van der Waals surface area contributed by atoms with Gasteiger partial charge in [-0.15, -0.1) is 0 Å². The summed E-state index contributed by atoms with van der Waals surface area (Å²) in [6.45, 7) is 1.77. The van der Waals surface area contributed by atoms with E-state index < -0.39 is 11.7 Å². The Kier molecular flexibility index (Phi) is 4.63. The topological polar surface area (TPSA) is 41.5 Å². The number of nitrogens with zero attached hydrogens (tertiary/aromatic N) is 1. The van der Waals surface area contributed by atoms with Crippen molar-refractivity contribution in [2.75, 3.05) is 0 Å². The molecule has 0 spiro atoms. The number of amides is 1. The minimum Gasteiger partial charge on any atom is -0.267 e. The number of nitrogens with one attached hydrogen (secondary N) is 1. The van der Waals surface area contributed by atoms with Gasteiger partial charge in [-0.2, -0.15) is 5.10 Å². The number of benzene rings is 2. The van der Waals surface area contributed by atoms with Gasteiger partial charge >= 0.3 is 0 Å². The third kappa shape index (κ3) is 3.51. The fourth-order valence-corrected chi connectivity index (χ4v) is 2.02. The van der Waals surface area contributed by atoms with Crippen LogP contribution in [-0.4, -0.2) is 11.6 Å². The first-order chi connectivity index (χ1) is 9.58. The van der Waals surface area contributed by atoms with Crippen LogP contribution in [0, 0.1) is 5.82 Å². The predicted molar refractivity (Wildman–Crippen MR) is 80.2 cm³/mol. The van der Waals surface area contributed by atoms with Crippen LogP contribution in [0.1, 0.15) is 22.8 Å². The number of hydrogen-bond donors (Lipinski definition) is 1. The lowest BCUT2D eigenvalue weighted by atomic mass is 10.1. The standard InChI is InChI=1S/C15H12BrFN2O/c1-10(11-5-4-6-12(16)9-11)18-19-15(20)13-7-2-3-8-14(13)17/h2-9H,1H3,(H,19,20). The summed E-state index contributed by atoms with van der Waals surface area (Å²) >= 11 is 3.36. The average Bonchev–Trinajstić information content (AvgIpc) is 2.45. The maximum absolute atomic E-state index is 13.4. The molecule has 0 aliphatic carbocycles. The highest BCUT2D eigenvalue weighted by Gasteiger charge is 2.09. The second kappa shape index (κ2) is 6.43. The third-order valence-electron chi connectivity index (χ3n) is 2.69. The number of hydrazone groups is 1. The molecular formula is C15H12BrFN2O. The van der Waals surface area contributed by atoms with Crippen LogP contribution in [-0.2, 0) is 0 Å². The molecule has 0 heterocycles. The molecule has 1 N–H and O–H groups in total. The number of carbonyl (C=O) groups is 1. The van der Waals surface area contributed by atoms with E-state index in [1.165, 1.54) is 18.2 Å². The molecule has 2 aromatic carbocycles. The summed E-state index contributed by atoms with van der Waals surface area (Å²) in [4.78, 5) is 11.8. The van der Waals surface area contributed by atoms with Crippen molar-refractivity contribution in [3.63, 3.8) is 0 Å². The van der Waals surface area contributed by atoms with Crippen molar-refractivity contribution >= 4 is 27.5 Å². The monoisotopic (exact) mass is 334 g/mol. The van der Waals surface area contributed by atoms with E-state index in [0.29, 0.717) is 5.71 Å². The van der Waals surface area contributed by atoms with Gasteiger partial charge in [-0.1, -0.05) is 40.2 Å². The van der Waals surface area contributed by atoms with Gasteiger partial charge in [-0.3, -0.25) is 4.79 Å². The SMILES string of the molecule is CC(=NNC(=O)c1ccccc1F)c1cccc(Br)c1. The number of rotatable bonds is 3. The first-order valence-electron chi connectivity index (χ1n) is 5.93. The molecule has 0 atom stereocenters. The summed E-state index contributed by atoms with van der Waals surface area (Å²) in [6.07, 6.45) is 0. The summed E-state index contributed by atoms with van der Waals surface area (Å²) in [5.41, 5.74) is 3.83. The molecule has 2 aromatic rings. The van der Waals surface area contributed by atoms with E-state index in [4.69, 9.17) is 0 Å². The van der Waals surface area contributed by atoms with Gasteiger partial charge in [0.2, 0.25) is 0 Å². The van der Waals surface area contributed by atoms with E-state index >= 15 is 0 Å². The van der Waals surface area contributed by atoms with E-state index in [9.17, 15) is 9.18 Å². The zero-order valence-electron chi connectivity index (χ0n) is 10.7. The minimum absolute atomic E-state index is 0.0294. The van der Waals surface area contributed by atoms with Crippen LogP contribution >= 0.6 is 15.9 Å². The summed E-state index contributed by atoms with van der Waals surface area (Å²) < 4.78 is 14.3. The Balaban J connectivity index is 2.13. The van der Waals surface area contributed by atoms with E-state index in [2.05, 4.69) is 26.5 Å². The zero-order chi connectivity index (χ0) is 14.5. The molecule has 2 rings (SSSR count). The van der Waals surface area contributed by atoms with Gasteiger partial charge in [0.1, 0.15) is 5.82 Å². The molecule has 20 heavy (non-hydrogen) atoms. The van der Waals surface area contributed by atoms with Crippen molar-refractivity contribution < 1.29 is 9.18 Å². The van der Waals surface area contributed by atoms with Crippen molar-refractivity contribution in [2.45, 2.75) is 6.92 Å². The van der Waals surface area contributed by atoms with E-state index in [1.807, 2.05) is 24.3 Å². The van der Waals surface area contributed by atoms with Crippen LogP contribution in [0.2, 0.25) is 0 Å². The lowest BCUT2D eigenvalue weighted by molar-refractivity contribution is 0.0951. The number of hydrogen-bond acceptors (Lipinski definition) is 2. The highest BCUT2D eigenvalue weighted by Crippen LogP contribution is 2.12. The van der Waals surface area contributed by atoms with Crippen molar-refractivity contribution in [3.05, 3.63) is 69.9 Å². The van der Waals surface area contributed by atoms with Crippen LogP contribution in [0.5, 0.6) is 0 Å². The number of halogens is 2. The molecule has 0 aliphatic heterocycles. The first-order valence-corrected chi connectivity index (χ1v) is 6.72. The van der Waals surface area contributed by atoms with Crippen LogP contribution in [0.15, 0.2) is 58.1 Å². The molecule has 0 aliphatic rings.